The van der Waals surface area contributed by atoms with Crippen molar-refractivity contribution in [2.75, 3.05) is 0 Å². The van der Waals surface area contributed by atoms with Crippen molar-refractivity contribution < 1.29 is 29.0 Å². The van der Waals surface area contributed by atoms with Gasteiger partial charge in [0.05, 0.1) is 0 Å². The van der Waals surface area contributed by atoms with Crippen molar-refractivity contribution >= 4 is 17.7 Å². The van der Waals surface area contributed by atoms with E-state index in [1.807, 2.05) is 0 Å². The van der Waals surface area contributed by atoms with Crippen LogP contribution in [-0.4, -0.2) is 40.6 Å². The average molecular weight is 501 g/mol. The molecule has 0 bridgehead atoms. The number of aliphatic hydroxyl groups is 1. The van der Waals surface area contributed by atoms with Gasteiger partial charge in [0.2, 0.25) is 0 Å². The number of esters is 2. The number of rotatable bonds is 8. The Balaban J connectivity index is 1.72. The molecule has 2 saturated carbocycles. The third-order valence-electron chi connectivity index (χ3n) is 8.33. The van der Waals surface area contributed by atoms with Gasteiger partial charge >= 0.3 is 11.9 Å². The van der Waals surface area contributed by atoms with E-state index in [4.69, 9.17) is 9.47 Å². The number of carbonyl (C=O) groups excluding carboxylic acids is 3. The van der Waals surface area contributed by atoms with Gasteiger partial charge in [-0.15, -0.1) is 0 Å². The van der Waals surface area contributed by atoms with Gasteiger partial charge in [0, 0.05) is 39.5 Å². The van der Waals surface area contributed by atoms with Crippen molar-refractivity contribution in [3.05, 3.63) is 34.9 Å². The zero-order valence-electron chi connectivity index (χ0n) is 22.9. The normalized spacial score (nSPS) is 30.3. The quantitative estimate of drug-likeness (QED) is 0.336. The minimum Gasteiger partial charge on any atom is -0.462 e. The molecule has 6 heteroatoms. The largest absolute Gasteiger partial charge is 0.462 e. The second kappa shape index (κ2) is 11.5. The molecule has 5 atom stereocenters. The summed E-state index contributed by atoms with van der Waals surface area (Å²) in [5.41, 5.74) is 2.86. The third kappa shape index (κ3) is 6.96. The standard InChI is InChI=1S/C30H44O6/c1-19(9-14-28(33)29(4,5)34)26-12-13-27-23(8-7-15-30(26,27)6)11-10-22-16-24(35-20(2)31)18-25(17-22)36-21(3)32/h10-12,19,24-25,27,34H,7-9,13-18H2,1-6H3/b23-11+/t19-,24-,25-,27+,30-/m1/s1. The minimum atomic E-state index is -1.27. The van der Waals surface area contributed by atoms with Gasteiger partial charge in [-0.05, 0) is 63.2 Å². The van der Waals surface area contributed by atoms with Crippen LogP contribution >= 0.6 is 0 Å². The zero-order chi connectivity index (χ0) is 26.7. The van der Waals surface area contributed by atoms with E-state index in [9.17, 15) is 19.5 Å². The number of ether oxygens (including phenoxy) is 2. The fraction of sp³-hybridized carbons (Fsp3) is 0.700. The Kier molecular flexibility index (Phi) is 9.02. The summed E-state index contributed by atoms with van der Waals surface area (Å²) in [5, 5.41) is 10.00. The van der Waals surface area contributed by atoms with Gasteiger partial charge in [-0.2, -0.15) is 0 Å². The maximum Gasteiger partial charge on any atom is 0.302 e. The molecule has 0 aromatic heterocycles. The van der Waals surface area contributed by atoms with Gasteiger partial charge in [0.25, 0.3) is 0 Å². The second-order valence-electron chi connectivity index (χ2n) is 11.8. The van der Waals surface area contributed by atoms with E-state index >= 15 is 0 Å². The fourth-order valence-corrected chi connectivity index (χ4v) is 6.56. The van der Waals surface area contributed by atoms with Crippen molar-refractivity contribution in [2.24, 2.45) is 17.3 Å². The van der Waals surface area contributed by atoms with Crippen LogP contribution in [0.5, 0.6) is 0 Å². The highest BCUT2D eigenvalue weighted by atomic mass is 16.6. The molecule has 0 heterocycles. The Morgan fingerprint density at radius 3 is 2.31 bits per heavy atom. The molecule has 3 aliphatic rings. The zero-order valence-corrected chi connectivity index (χ0v) is 22.9. The molecule has 0 aromatic rings. The fourth-order valence-electron chi connectivity index (χ4n) is 6.56. The molecule has 3 aliphatic carbocycles. The van der Waals surface area contributed by atoms with Gasteiger partial charge in [-0.3, -0.25) is 14.4 Å². The van der Waals surface area contributed by atoms with Crippen molar-refractivity contribution in [1.29, 1.82) is 0 Å². The maximum absolute atomic E-state index is 12.3. The van der Waals surface area contributed by atoms with Gasteiger partial charge in [-0.1, -0.05) is 48.8 Å². The van der Waals surface area contributed by atoms with E-state index in [2.05, 4.69) is 32.1 Å². The van der Waals surface area contributed by atoms with E-state index in [-0.39, 0.29) is 35.3 Å². The molecule has 2 fully saturated rings. The molecular formula is C30H44O6. The predicted octanol–water partition coefficient (Wildman–Crippen LogP) is 5.78. The van der Waals surface area contributed by atoms with Gasteiger partial charge < -0.3 is 14.6 Å². The highest BCUT2D eigenvalue weighted by molar-refractivity contribution is 5.86. The van der Waals surface area contributed by atoms with Crippen LogP contribution < -0.4 is 0 Å². The van der Waals surface area contributed by atoms with Crippen LogP contribution in [0.3, 0.4) is 0 Å². The lowest BCUT2D eigenvalue weighted by molar-refractivity contribution is -0.154. The predicted molar refractivity (Wildman–Crippen MR) is 139 cm³/mol. The number of Topliss-reactive ketones (excluding diaryl/α,β-unsaturated/α-hetero) is 1. The first kappa shape index (κ1) is 28.4. The molecule has 200 valence electrons. The summed E-state index contributed by atoms with van der Waals surface area (Å²) >= 11 is 0. The molecule has 0 unspecified atom stereocenters. The highest BCUT2D eigenvalue weighted by Gasteiger charge is 2.46. The van der Waals surface area contributed by atoms with E-state index in [1.165, 1.54) is 25.0 Å². The number of carbonyl (C=O) groups is 3. The topological polar surface area (TPSA) is 89.9 Å². The summed E-state index contributed by atoms with van der Waals surface area (Å²) in [6.07, 6.45) is 13.6. The van der Waals surface area contributed by atoms with Gasteiger partial charge in [-0.25, -0.2) is 0 Å². The summed E-state index contributed by atoms with van der Waals surface area (Å²) in [5.74, 6) is 0.0235. The number of ketones is 1. The lowest BCUT2D eigenvalue weighted by atomic mass is 9.62. The van der Waals surface area contributed by atoms with Gasteiger partial charge in [0.15, 0.2) is 5.78 Å². The molecule has 0 aromatic carbocycles. The highest BCUT2D eigenvalue weighted by Crippen LogP contribution is 2.57. The summed E-state index contributed by atoms with van der Waals surface area (Å²) in [6, 6.07) is 0. The number of fused-ring (bicyclic) bond motifs is 1. The van der Waals surface area contributed by atoms with Crippen LogP contribution in [0, 0.1) is 17.3 Å². The molecule has 0 aliphatic heterocycles. The monoisotopic (exact) mass is 500 g/mol. The van der Waals surface area contributed by atoms with E-state index < -0.39 is 5.60 Å². The van der Waals surface area contributed by atoms with Gasteiger partial charge in [0.1, 0.15) is 17.8 Å². The van der Waals surface area contributed by atoms with E-state index in [0.717, 1.165) is 37.7 Å². The molecule has 36 heavy (non-hydrogen) atoms. The van der Waals surface area contributed by atoms with Crippen molar-refractivity contribution in [2.45, 2.75) is 117 Å². The molecule has 3 rings (SSSR count). The Hall–Kier alpha value is -2.21. The number of hydrogen-bond donors (Lipinski definition) is 1. The molecular weight excluding hydrogens is 456 g/mol. The molecule has 0 amide bonds. The van der Waals surface area contributed by atoms with Crippen LogP contribution in [0.4, 0.5) is 0 Å². The molecule has 0 saturated heterocycles. The first-order chi connectivity index (χ1) is 16.8. The number of allylic oxidation sites excluding steroid dienone is 5. The van der Waals surface area contributed by atoms with Crippen LogP contribution in [0.1, 0.15) is 99.3 Å². The first-order valence-electron chi connectivity index (χ1n) is 13.5. The van der Waals surface area contributed by atoms with E-state index in [0.29, 0.717) is 37.5 Å². The van der Waals surface area contributed by atoms with Crippen molar-refractivity contribution in [3.8, 4) is 0 Å². The summed E-state index contributed by atoms with van der Waals surface area (Å²) in [7, 11) is 0. The Morgan fingerprint density at radius 2 is 1.75 bits per heavy atom. The van der Waals surface area contributed by atoms with E-state index in [1.54, 1.807) is 13.8 Å². The molecule has 1 N–H and O–H groups in total. The lowest BCUT2D eigenvalue weighted by Crippen LogP contribution is -2.34. The van der Waals surface area contributed by atoms with Crippen LogP contribution in [0.15, 0.2) is 34.9 Å². The molecule has 0 radical (unpaired) electrons. The Morgan fingerprint density at radius 1 is 1.14 bits per heavy atom. The number of hydrogen-bond acceptors (Lipinski definition) is 6. The Bertz CT molecular complexity index is 923. The smallest absolute Gasteiger partial charge is 0.302 e. The lowest BCUT2D eigenvalue weighted by Gasteiger charge is -2.42. The average Bonchev–Trinajstić information content (AvgIpc) is 3.11. The summed E-state index contributed by atoms with van der Waals surface area (Å²) in [6.45, 7) is 10.5. The Labute approximate surface area is 216 Å². The maximum atomic E-state index is 12.3. The summed E-state index contributed by atoms with van der Waals surface area (Å²) < 4.78 is 10.9. The van der Waals surface area contributed by atoms with Crippen molar-refractivity contribution in [3.63, 3.8) is 0 Å². The second-order valence-corrected chi connectivity index (χ2v) is 11.8. The summed E-state index contributed by atoms with van der Waals surface area (Å²) in [4.78, 5) is 35.3. The van der Waals surface area contributed by atoms with Crippen LogP contribution in [0.2, 0.25) is 0 Å². The van der Waals surface area contributed by atoms with Crippen molar-refractivity contribution in [1.82, 2.24) is 0 Å². The minimum absolute atomic E-state index is 0.0902. The third-order valence-corrected chi connectivity index (χ3v) is 8.33. The van der Waals surface area contributed by atoms with Crippen LogP contribution in [0.25, 0.3) is 0 Å². The molecule has 0 spiro atoms. The molecule has 6 nitrogen and oxygen atoms in total. The van der Waals surface area contributed by atoms with Crippen LogP contribution in [-0.2, 0) is 23.9 Å². The first-order valence-corrected chi connectivity index (χ1v) is 13.5. The SMILES string of the molecule is CC(=O)O[C@@H]1CC(=C/C=C2\CCC[C@]3(C)C([C@H](C)CCC(=O)C(C)(C)O)=CC[C@@H]23)C[C@@H](OC(C)=O)C1.